The van der Waals surface area contributed by atoms with Gasteiger partial charge in [0.05, 0.1) is 31.9 Å². The van der Waals surface area contributed by atoms with E-state index in [4.69, 9.17) is 14.2 Å². The molecule has 0 bridgehead atoms. The molecule has 1 amide bonds. The lowest BCUT2D eigenvalue weighted by molar-refractivity contribution is -0.114. The summed E-state index contributed by atoms with van der Waals surface area (Å²) >= 11 is 0. The molecule has 1 N–H and O–H groups in total. The van der Waals surface area contributed by atoms with Crippen LogP contribution in [0.25, 0.3) is 0 Å². The van der Waals surface area contributed by atoms with E-state index in [0.717, 1.165) is 9.87 Å². The fraction of sp³-hybridized carbons (Fsp3) is 0.208. The van der Waals surface area contributed by atoms with Gasteiger partial charge >= 0.3 is 0 Å². The first-order valence-corrected chi connectivity index (χ1v) is 11.5. The van der Waals surface area contributed by atoms with Crippen molar-refractivity contribution in [2.45, 2.75) is 11.8 Å². The Bertz CT molecular complexity index is 1210. The number of benzene rings is 3. The molecule has 3 aromatic carbocycles. The van der Waals surface area contributed by atoms with Gasteiger partial charge in [-0.3, -0.25) is 9.10 Å². The lowest BCUT2D eigenvalue weighted by Gasteiger charge is -2.25. The van der Waals surface area contributed by atoms with Crippen LogP contribution in [0, 0.1) is 6.92 Å². The second-order valence-corrected chi connectivity index (χ2v) is 9.00. The lowest BCUT2D eigenvalue weighted by Crippen LogP contribution is -2.38. The van der Waals surface area contributed by atoms with Crippen molar-refractivity contribution >= 4 is 27.3 Å². The highest BCUT2D eigenvalue weighted by atomic mass is 32.2. The highest BCUT2D eigenvalue weighted by Crippen LogP contribution is 2.34. The summed E-state index contributed by atoms with van der Waals surface area (Å²) in [7, 11) is 0.431. The van der Waals surface area contributed by atoms with Crippen LogP contribution in [0.3, 0.4) is 0 Å². The zero-order valence-electron chi connectivity index (χ0n) is 18.9. The van der Waals surface area contributed by atoms with Crippen molar-refractivity contribution in [3.63, 3.8) is 0 Å². The average Bonchev–Trinajstić information content (AvgIpc) is 2.82. The molecule has 3 rings (SSSR count). The summed E-state index contributed by atoms with van der Waals surface area (Å²) in [4.78, 5) is 12.9. The predicted molar refractivity (Wildman–Crippen MR) is 127 cm³/mol. The number of aryl methyl sites for hydroxylation is 1. The third-order valence-electron chi connectivity index (χ3n) is 4.93. The van der Waals surface area contributed by atoms with Crippen LogP contribution in [0.5, 0.6) is 17.2 Å². The third-order valence-corrected chi connectivity index (χ3v) is 6.71. The number of anilines is 2. The van der Waals surface area contributed by atoms with Crippen molar-refractivity contribution in [1.29, 1.82) is 0 Å². The maximum absolute atomic E-state index is 13.5. The molecule has 8 nitrogen and oxygen atoms in total. The third kappa shape index (κ3) is 5.56. The molecular weight excluding hydrogens is 444 g/mol. The number of hydrogen-bond acceptors (Lipinski definition) is 6. The molecule has 0 saturated carbocycles. The molecule has 0 heterocycles. The van der Waals surface area contributed by atoms with Crippen LogP contribution < -0.4 is 23.8 Å². The second kappa shape index (κ2) is 10.3. The number of hydrogen-bond donors (Lipinski definition) is 1. The molecule has 0 atom stereocenters. The summed E-state index contributed by atoms with van der Waals surface area (Å²) in [5, 5.41) is 2.72. The molecule has 0 spiro atoms. The highest BCUT2D eigenvalue weighted by Gasteiger charge is 2.28. The Morgan fingerprint density at radius 3 is 2.06 bits per heavy atom. The first-order chi connectivity index (χ1) is 15.8. The van der Waals surface area contributed by atoms with E-state index in [9.17, 15) is 13.2 Å². The summed E-state index contributed by atoms with van der Waals surface area (Å²) < 4.78 is 43.8. The number of carbonyl (C=O) groups is 1. The molecule has 174 valence electrons. The van der Waals surface area contributed by atoms with Crippen LogP contribution in [0.1, 0.15) is 5.56 Å². The molecule has 0 radical (unpaired) electrons. The van der Waals surface area contributed by atoms with Gasteiger partial charge in [0.25, 0.3) is 10.0 Å². The Balaban J connectivity index is 1.97. The summed E-state index contributed by atoms with van der Waals surface area (Å²) in [5.41, 5.74) is 1.70. The van der Waals surface area contributed by atoms with Crippen molar-refractivity contribution in [1.82, 2.24) is 0 Å². The van der Waals surface area contributed by atoms with Crippen molar-refractivity contribution in [3.05, 3.63) is 72.3 Å². The number of methoxy groups -OCH3 is 3. The second-order valence-electron chi connectivity index (χ2n) is 7.14. The van der Waals surface area contributed by atoms with Crippen LogP contribution in [0.2, 0.25) is 0 Å². The van der Waals surface area contributed by atoms with Gasteiger partial charge in [-0.15, -0.1) is 0 Å². The smallest absolute Gasteiger partial charge is 0.264 e. The van der Waals surface area contributed by atoms with Crippen molar-refractivity contribution in [3.8, 4) is 17.2 Å². The summed E-state index contributed by atoms with van der Waals surface area (Å²) in [6, 6.07) is 17.9. The topological polar surface area (TPSA) is 94.2 Å². The van der Waals surface area contributed by atoms with Crippen LogP contribution >= 0.6 is 0 Å². The number of nitrogens with one attached hydrogen (secondary N) is 1. The highest BCUT2D eigenvalue weighted by molar-refractivity contribution is 7.92. The summed E-state index contributed by atoms with van der Waals surface area (Å²) in [6.45, 7) is 1.42. The maximum Gasteiger partial charge on any atom is 0.264 e. The monoisotopic (exact) mass is 470 g/mol. The van der Waals surface area contributed by atoms with E-state index in [1.807, 2.05) is 6.92 Å². The predicted octanol–water partition coefficient (Wildman–Crippen LogP) is 3.85. The van der Waals surface area contributed by atoms with E-state index in [0.29, 0.717) is 22.9 Å². The fourth-order valence-electron chi connectivity index (χ4n) is 3.14. The van der Waals surface area contributed by atoms with Gasteiger partial charge in [0.1, 0.15) is 12.3 Å². The molecule has 0 aromatic heterocycles. The van der Waals surface area contributed by atoms with Gasteiger partial charge in [-0.2, -0.15) is 0 Å². The minimum Gasteiger partial charge on any atom is -0.497 e. The Hall–Kier alpha value is -3.72. The molecule has 33 heavy (non-hydrogen) atoms. The quantitative estimate of drug-likeness (QED) is 0.511. The van der Waals surface area contributed by atoms with E-state index in [1.54, 1.807) is 55.6 Å². The first-order valence-electron chi connectivity index (χ1n) is 10.0. The minimum absolute atomic E-state index is 0.0696. The number of rotatable bonds is 9. The minimum atomic E-state index is -4.06. The van der Waals surface area contributed by atoms with E-state index in [-0.39, 0.29) is 10.6 Å². The Morgan fingerprint density at radius 1 is 0.848 bits per heavy atom. The lowest BCUT2D eigenvalue weighted by atomic mass is 10.2. The Morgan fingerprint density at radius 2 is 1.48 bits per heavy atom. The molecule has 0 fully saturated rings. The standard InChI is InChI=1S/C24H26N2O6S/c1-17-5-12-21(13-6-17)33(28,29)26(19-9-14-22(31-3)23(15-19)32-4)16-24(27)25-18-7-10-20(30-2)11-8-18/h5-15H,16H2,1-4H3,(H,25,27). The zero-order valence-corrected chi connectivity index (χ0v) is 19.7. The van der Waals surface area contributed by atoms with E-state index >= 15 is 0 Å². The van der Waals surface area contributed by atoms with Crippen LogP contribution in [0.4, 0.5) is 11.4 Å². The Kier molecular flexibility index (Phi) is 7.44. The number of sulfonamides is 1. The van der Waals surface area contributed by atoms with Crippen LogP contribution in [-0.2, 0) is 14.8 Å². The van der Waals surface area contributed by atoms with Gasteiger partial charge in [-0.1, -0.05) is 17.7 Å². The zero-order chi connectivity index (χ0) is 24.0. The van der Waals surface area contributed by atoms with Gasteiger partial charge in [0, 0.05) is 11.8 Å². The number of amides is 1. The number of nitrogens with zero attached hydrogens (tertiary/aromatic N) is 1. The van der Waals surface area contributed by atoms with Gasteiger partial charge in [0.2, 0.25) is 5.91 Å². The maximum atomic E-state index is 13.5. The van der Waals surface area contributed by atoms with Gasteiger partial charge < -0.3 is 19.5 Å². The van der Waals surface area contributed by atoms with Crippen LogP contribution in [0.15, 0.2) is 71.6 Å². The van der Waals surface area contributed by atoms with Gasteiger partial charge in [-0.05, 0) is 55.5 Å². The Labute approximate surface area is 193 Å². The van der Waals surface area contributed by atoms with Gasteiger partial charge in [-0.25, -0.2) is 8.42 Å². The van der Waals surface area contributed by atoms with E-state index in [1.165, 1.54) is 32.4 Å². The van der Waals surface area contributed by atoms with Gasteiger partial charge in [0.15, 0.2) is 11.5 Å². The van der Waals surface area contributed by atoms with Crippen molar-refractivity contribution in [2.24, 2.45) is 0 Å². The average molecular weight is 471 g/mol. The van der Waals surface area contributed by atoms with Crippen molar-refractivity contribution in [2.75, 3.05) is 37.5 Å². The molecule has 0 saturated heterocycles. The fourth-order valence-corrected chi connectivity index (χ4v) is 4.55. The number of carbonyl (C=O) groups excluding carboxylic acids is 1. The summed E-state index contributed by atoms with van der Waals surface area (Å²) in [6.07, 6.45) is 0. The summed E-state index contributed by atoms with van der Waals surface area (Å²) in [5.74, 6) is 0.916. The SMILES string of the molecule is COc1ccc(NC(=O)CN(c2ccc(OC)c(OC)c2)S(=O)(=O)c2ccc(C)cc2)cc1. The first kappa shape index (κ1) is 23.9. The molecule has 3 aromatic rings. The molecule has 0 aliphatic heterocycles. The largest absolute Gasteiger partial charge is 0.497 e. The molecule has 0 unspecified atom stereocenters. The van der Waals surface area contributed by atoms with Crippen LogP contribution in [-0.4, -0.2) is 42.2 Å². The molecule has 0 aliphatic carbocycles. The molecule has 0 aliphatic rings. The number of ether oxygens (including phenoxy) is 3. The molecular formula is C24H26N2O6S. The molecule has 9 heteroatoms. The van der Waals surface area contributed by atoms with Crippen molar-refractivity contribution < 1.29 is 27.4 Å². The van der Waals surface area contributed by atoms with E-state index < -0.39 is 22.5 Å². The normalized spacial score (nSPS) is 10.9. The van der Waals surface area contributed by atoms with E-state index in [2.05, 4.69) is 5.32 Å².